The SMILES string of the molecule is Cn1nccc1C1CCN(c2ccc(S(=O)(=O)Nc3ccc(F)c(F)c3)cn2)CC1. The van der Waals surface area contributed by atoms with Crippen molar-refractivity contribution in [1.82, 2.24) is 14.8 Å². The number of aryl methyl sites for hydroxylation is 1. The molecule has 0 bridgehead atoms. The summed E-state index contributed by atoms with van der Waals surface area (Å²) in [6, 6.07) is 7.97. The minimum Gasteiger partial charge on any atom is -0.357 e. The van der Waals surface area contributed by atoms with Crippen molar-refractivity contribution in [2.75, 3.05) is 22.7 Å². The number of aromatic nitrogens is 3. The van der Waals surface area contributed by atoms with Gasteiger partial charge in [-0.3, -0.25) is 9.40 Å². The van der Waals surface area contributed by atoms with Gasteiger partial charge in [0.25, 0.3) is 10.0 Å². The zero-order valence-corrected chi connectivity index (χ0v) is 17.1. The molecule has 0 spiro atoms. The quantitative estimate of drug-likeness (QED) is 0.668. The van der Waals surface area contributed by atoms with E-state index in [0.717, 1.165) is 44.1 Å². The van der Waals surface area contributed by atoms with Gasteiger partial charge in [0.15, 0.2) is 11.6 Å². The van der Waals surface area contributed by atoms with Crippen molar-refractivity contribution in [2.24, 2.45) is 7.05 Å². The monoisotopic (exact) mass is 433 g/mol. The molecule has 1 aliphatic rings. The van der Waals surface area contributed by atoms with Crippen molar-refractivity contribution in [3.8, 4) is 0 Å². The molecule has 3 heterocycles. The first kappa shape index (κ1) is 20.3. The van der Waals surface area contributed by atoms with Crippen LogP contribution in [0.4, 0.5) is 20.3 Å². The molecule has 0 amide bonds. The summed E-state index contributed by atoms with van der Waals surface area (Å²) in [5.74, 6) is -1.03. The van der Waals surface area contributed by atoms with Crippen LogP contribution >= 0.6 is 0 Å². The van der Waals surface area contributed by atoms with Crippen LogP contribution in [0.15, 0.2) is 53.7 Å². The molecule has 2 aromatic heterocycles. The van der Waals surface area contributed by atoms with Crippen LogP contribution in [-0.2, 0) is 17.1 Å². The molecule has 0 aliphatic carbocycles. The summed E-state index contributed by atoms with van der Waals surface area (Å²) in [7, 11) is -2.02. The van der Waals surface area contributed by atoms with Crippen molar-refractivity contribution >= 4 is 21.5 Å². The zero-order chi connectivity index (χ0) is 21.3. The molecule has 1 aliphatic heterocycles. The molecule has 3 aromatic rings. The van der Waals surface area contributed by atoms with E-state index in [0.29, 0.717) is 11.7 Å². The van der Waals surface area contributed by atoms with Gasteiger partial charge in [-0.05, 0) is 43.2 Å². The lowest BCUT2D eigenvalue weighted by molar-refractivity contribution is 0.475. The molecule has 158 valence electrons. The first-order valence-corrected chi connectivity index (χ1v) is 11.0. The van der Waals surface area contributed by atoms with Gasteiger partial charge in [-0.1, -0.05) is 0 Å². The van der Waals surface area contributed by atoms with Crippen LogP contribution in [-0.4, -0.2) is 36.3 Å². The number of rotatable bonds is 5. The van der Waals surface area contributed by atoms with Crippen LogP contribution < -0.4 is 9.62 Å². The maximum Gasteiger partial charge on any atom is 0.263 e. The summed E-state index contributed by atoms with van der Waals surface area (Å²) in [6.07, 6.45) is 4.99. The molecule has 30 heavy (non-hydrogen) atoms. The highest BCUT2D eigenvalue weighted by Crippen LogP contribution is 2.29. The van der Waals surface area contributed by atoms with Crippen LogP contribution in [0.1, 0.15) is 24.5 Å². The Morgan fingerprint density at radius 3 is 2.43 bits per heavy atom. The standard InChI is InChI=1S/C20H21F2N5O2S/c1-26-19(6-9-24-26)14-7-10-27(11-8-14)20-5-3-16(13-23-20)30(28,29)25-15-2-4-17(21)18(22)12-15/h2-6,9,12-14,25H,7-8,10-11H2,1H3. The van der Waals surface area contributed by atoms with Gasteiger partial charge < -0.3 is 4.90 Å². The molecule has 0 unspecified atom stereocenters. The lowest BCUT2D eigenvalue weighted by Crippen LogP contribution is -2.34. The fourth-order valence-corrected chi connectivity index (χ4v) is 4.67. The minimum atomic E-state index is -3.96. The van der Waals surface area contributed by atoms with Gasteiger partial charge in [0.1, 0.15) is 10.7 Å². The second-order valence-corrected chi connectivity index (χ2v) is 8.91. The van der Waals surface area contributed by atoms with Crippen molar-refractivity contribution in [3.05, 3.63) is 66.1 Å². The van der Waals surface area contributed by atoms with Gasteiger partial charge >= 0.3 is 0 Å². The first-order valence-electron chi connectivity index (χ1n) is 9.50. The van der Waals surface area contributed by atoms with Gasteiger partial charge in [-0.25, -0.2) is 22.2 Å². The molecule has 1 aromatic carbocycles. The number of nitrogens with zero attached hydrogens (tertiary/aromatic N) is 4. The van der Waals surface area contributed by atoms with Crippen LogP contribution in [0, 0.1) is 11.6 Å². The number of halogens is 2. The summed E-state index contributed by atoms with van der Waals surface area (Å²) in [6.45, 7) is 1.62. The second kappa shape index (κ2) is 8.02. The van der Waals surface area contributed by atoms with E-state index in [1.54, 1.807) is 12.3 Å². The fraction of sp³-hybridized carbons (Fsp3) is 0.300. The zero-order valence-electron chi connectivity index (χ0n) is 16.3. The predicted octanol–water partition coefficient (Wildman–Crippen LogP) is 3.28. The lowest BCUT2D eigenvalue weighted by atomic mass is 9.93. The van der Waals surface area contributed by atoms with E-state index in [4.69, 9.17) is 0 Å². The molecule has 1 N–H and O–H groups in total. The molecule has 4 rings (SSSR count). The van der Waals surface area contributed by atoms with Gasteiger partial charge in [0.2, 0.25) is 0 Å². The summed E-state index contributed by atoms with van der Waals surface area (Å²) in [4.78, 5) is 6.36. The number of benzene rings is 1. The number of pyridine rings is 1. The van der Waals surface area contributed by atoms with Crippen molar-refractivity contribution < 1.29 is 17.2 Å². The van der Waals surface area contributed by atoms with Crippen molar-refractivity contribution in [2.45, 2.75) is 23.7 Å². The van der Waals surface area contributed by atoms with Crippen LogP contribution in [0.2, 0.25) is 0 Å². The molecule has 0 atom stereocenters. The van der Waals surface area contributed by atoms with Crippen LogP contribution in [0.5, 0.6) is 0 Å². The van der Waals surface area contributed by atoms with E-state index >= 15 is 0 Å². The molecular weight excluding hydrogens is 412 g/mol. The highest BCUT2D eigenvalue weighted by molar-refractivity contribution is 7.92. The van der Waals surface area contributed by atoms with Crippen molar-refractivity contribution in [1.29, 1.82) is 0 Å². The van der Waals surface area contributed by atoms with Gasteiger partial charge in [-0.15, -0.1) is 0 Å². The summed E-state index contributed by atoms with van der Waals surface area (Å²) < 4.78 is 55.5. The number of nitrogens with one attached hydrogen (secondary N) is 1. The Balaban J connectivity index is 1.42. The van der Waals surface area contributed by atoms with E-state index in [-0.39, 0.29) is 10.6 Å². The topological polar surface area (TPSA) is 80.1 Å². The maximum absolute atomic E-state index is 13.3. The summed E-state index contributed by atoms with van der Waals surface area (Å²) in [5, 5.41) is 4.23. The highest BCUT2D eigenvalue weighted by atomic mass is 32.2. The molecule has 0 radical (unpaired) electrons. The number of hydrogen-bond acceptors (Lipinski definition) is 5. The van der Waals surface area contributed by atoms with Crippen LogP contribution in [0.25, 0.3) is 0 Å². The molecule has 10 heteroatoms. The first-order chi connectivity index (χ1) is 14.3. The average Bonchev–Trinajstić information content (AvgIpc) is 3.17. The normalized spacial score (nSPS) is 15.4. The Kier molecular flexibility index (Phi) is 5.42. The smallest absolute Gasteiger partial charge is 0.263 e. The number of piperidine rings is 1. The molecule has 7 nitrogen and oxygen atoms in total. The number of sulfonamides is 1. The predicted molar refractivity (Wildman–Crippen MR) is 109 cm³/mol. The van der Waals surface area contributed by atoms with E-state index in [2.05, 4.69) is 19.7 Å². The van der Waals surface area contributed by atoms with Gasteiger partial charge in [0, 0.05) is 50.2 Å². The van der Waals surface area contributed by atoms with Gasteiger partial charge in [0.05, 0.1) is 5.69 Å². The summed E-state index contributed by atoms with van der Waals surface area (Å²) in [5.41, 5.74) is 1.16. The Hall–Kier alpha value is -3.01. The highest BCUT2D eigenvalue weighted by Gasteiger charge is 2.24. The second-order valence-electron chi connectivity index (χ2n) is 7.23. The molecule has 1 fully saturated rings. The Morgan fingerprint density at radius 1 is 1.07 bits per heavy atom. The van der Waals surface area contributed by atoms with E-state index in [1.165, 1.54) is 18.0 Å². The Bertz CT molecular complexity index is 1140. The largest absolute Gasteiger partial charge is 0.357 e. The Labute approximate surface area is 173 Å². The van der Waals surface area contributed by atoms with Gasteiger partial charge in [-0.2, -0.15) is 5.10 Å². The molecule has 0 saturated carbocycles. The average molecular weight is 433 g/mol. The third kappa shape index (κ3) is 4.13. The number of hydrogen-bond donors (Lipinski definition) is 1. The van der Waals surface area contributed by atoms with Crippen LogP contribution in [0.3, 0.4) is 0 Å². The minimum absolute atomic E-state index is 0.0549. The molecular formula is C20H21F2N5O2S. The maximum atomic E-state index is 13.3. The van der Waals surface area contributed by atoms with E-state index in [1.807, 2.05) is 17.8 Å². The molecule has 1 saturated heterocycles. The lowest BCUT2D eigenvalue weighted by Gasteiger charge is -2.32. The van der Waals surface area contributed by atoms with Crippen molar-refractivity contribution in [3.63, 3.8) is 0 Å². The Morgan fingerprint density at radius 2 is 1.83 bits per heavy atom. The van der Waals surface area contributed by atoms with E-state index < -0.39 is 21.7 Å². The fourth-order valence-electron chi connectivity index (χ4n) is 3.68. The third-order valence-corrected chi connectivity index (χ3v) is 6.67. The third-order valence-electron chi connectivity index (χ3n) is 5.30. The summed E-state index contributed by atoms with van der Waals surface area (Å²) >= 11 is 0. The number of anilines is 2. The van der Waals surface area contributed by atoms with E-state index in [9.17, 15) is 17.2 Å².